The molecule has 1 aromatic rings. The molecule has 0 saturated heterocycles. The lowest BCUT2D eigenvalue weighted by Crippen LogP contribution is -2.50. The molecule has 0 aliphatic heterocycles. The van der Waals surface area contributed by atoms with Crippen LogP contribution in [0.1, 0.15) is 56.1 Å². The summed E-state index contributed by atoms with van der Waals surface area (Å²) in [7, 11) is 0. The van der Waals surface area contributed by atoms with Crippen LogP contribution in [0.4, 0.5) is 4.39 Å². The van der Waals surface area contributed by atoms with E-state index in [0.717, 1.165) is 43.2 Å². The molecule has 3 aliphatic carbocycles. The summed E-state index contributed by atoms with van der Waals surface area (Å²) in [6.07, 6.45) is 11.0. The number of fused-ring (bicyclic) bond motifs is 5. The molecule has 0 bridgehead atoms. The molecular formula is C20H23FO2. The van der Waals surface area contributed by atoms with E-state index in [9.17, 15) is 14.6 Å². The third kappa shape index (κ3) is 1.85. The number of aliphatic hydroxyl groups is 1. The fraction of sp³-hybridized carbons (Fsp3) is 0.600. The van der Waals surface area contributed by atoms with Gasteiger partial charge in [0.2, 0.25) is 0 Å². The summed E-state index contributed by atoms with van der Waals surface area (Å²) >= 11 is 0. The second-order valence-electron chi connectivity index (χ2n) is 7.92. The number of terminal acetylenes is 1. The standard InChI is InChI=1S/C20H23FO2/c1-3-20(23)9-7-16-14-5-4-12-10-18(22)17(21)11-15(12)13(14)6-8-19(16,20)2/h1,10-11,13-14,16,22-23H,4-9H2,2H3/t13-,14+,16-,19?,20-/m0/s1. The van der Waals surface area contributed by atoms with Crippen LogP contribution in [0.5, 0.6) is 5.75 Å². The van der Waals surface area contributed by atoms with Gasteiger partial charge in [0.05, 0.1) is 0 Å². The Bertz CT molecular complexity index is 706. The van der Waals surface area contributed by atoms with Crippen molar-refractivity contribution >= 4 is 0 Å². The van der Waals surface area contributed by atoms with Crippen molar-refractivity contribution < 1.29 is 14.6 Å². The van der Waals surface area contributed by atoms with Gasteiger partial charge in [-0.3, -0.25) is 0 Å². The Morgan fingerprint density at radius 3 is 2.78 bits per heavy atom. The highest BCUT2D eigenvalue weighted by molar-refractivity contribution is 5.41. The molecule has 0 radical (unpaired) electrons. The second kappa shape index (κ2) is 4.74. The predicted octanol–water partition coefficient (Wildman–Crippen LogP) is 3.75. The fourth-order valence-electron chi connectivity index (χ4n) is 5.83. The first-order chi connectivity index (χ1) is 10.9. The summed E-state index contributed by atoms with van der Waals surface area (Å²) in [5.74, 6) is 3.08. The molecular weight excluding hydrogens is 291 g/mol. The third-order valence-corrected chi connectivity index (χ3v) is 7.18. The summed E-state index contributed by atoms with van der Waals surface area (Å²) in [5, 5.41) is 20.5. The first kappa shape index (κ1) is 15.0. The van der Waals surface area contributed by atoms with Crippen LogP contribution < -0.4 is 0 Å². The number of hydrogen-bond donors (Lipinski definition) is 2. The summed E-state index contributed by atoms with van der Waals surface area (Å²) in [6.45, 7) is 2.15. The van der Waals surface area contributed by atoms with Crippen molar-refractivity contribution in [1.29, 1.82) is 0 Å². The number of benzene rings is 1. The van der Waals surface area contributed by atoms with E-state index < -0.39 is 11.4 Å². The zero-order valence-electron chi connectivity index (χ0n) is 13.5. The molecule has 2 fully saturated rings. The van der Waals surface area contributed by atoms with E-state index >= 15 is 0 Å². The van der Waals surface area contributed by atoms with Gasteiger partial charge in [0.1, 0.15) is 5.60 Å². The van der Waals surface area contributed by atoms with Gasteiger partial charge in [-0.25, -0.2) is 4.39 Å². The van der Waals surface area contributed by atoms with Crippen LogP contribution in [-0.4, -0.2) is 15.8 Å². The fourth-order valence-corrected chi connectivity index (χ4v) is 5.83. The number of hydrogen-bond acceptors (Lipinski definition) is 2. The molecule has 0 spiro atoms. The maximum absolute atomic E-state index is 13.9. The number of rotatable bonds is 0. The van der Waals surface area contributed by atoms with E-state index in [0.29, 0.717) is 24.2 Å². The van der Waals surface area contributed by atoms with Gasteiger partial charge in [-0.15, -0.1) is 6.42 Å². The van der Waals surface area contributed by atoms with Crippen LogP contribution in [0.15, 0.2) is 12.1 Å². The number of phenolic OH excluding ortho intramolecular Hbond substituents is 1. The van der Waals surface area contributed by atoms with Crippen LogP contribution in [0, 0.1) is 35.4 Å². The number of halogens is 1. The summed E-state index contributed by atoms with van der Waals surface area (Å²) in [5.41, 5.74) is 0.924. The van der Waals surface area contributed by atoms with Gasteiger partial charge in [-0.2, -0.15) is 0 Å². The Balaban J connectivity index is 1.74. The zero-order valence-corrected chi connectivity index (χ0v) is 13.5. The van der Waals surface area contributed by atoms with Gasteiger partial charge < -0.3 is 10.2 Å². The SMILES string of the molecule is C#C[C@]1(O)CC[C@H]2[C@@H]3CCc4cc(O)c(F)cc4[C@H]3CCC21C. The van der Waals surface area contributed by atoms with Gasteiger partial charge in [0.25, 0.3) is 0 Å². The van der Waals surface area contributed by atoms with E-state index in [1.807, 2.05) is 0 Å². The Morgan fingerprint density at radius 2 is 2.04 bits per heavy atom. The number of aromatic hydroxyl groups is 1. The van der Waals surface area contributed by atoms with Crippen molar-refractivity contribution in [3.63, 3.8) is 0 Å². The quantitative estimate of drug-likeness (QED) is 0.716. The molecule has 2 N–H and O–H groups in total. The molecule has 4 rings (SSSR count). The van der Waals surface area contributed by atoms with Crippen LogP contribution in [-0.2, 0) is 6.42 Å². The molecule has 5 atom stereocenters. The molecule has 0 aromatic heterocycles. The smallest absolute Gasteiger partial charge is 0.165 e. The lowest BCUT2D eigenvalue weighted by Gasteiger charge is -2.52. The van der Waals surface area contributed by atoms with E-state index in [-0.39, 0.29) is 11.2 Å². The maximum atomic E-state index is 13.9. The van der Waals surface area contributed by atoms with Crippen molar-refractivity contribution in [2.45, 2.75) is 57.0 Å². The minimum absolute atomic E-state index is 0.226. The number of aryl methyl sites for hydroxylation is 1. The van der Waals surface area contributed by atoms with Gasteiger partial charge in [0, 0.05) is 5.41 Å². The molecule has 2 saturated carbocycles. The highest BCUT2D eigenvalue weighted by atomic mass is 19.1. The monoisotopic (exact) mass is 314 g/mol. The summed E-state index contributed by atoms with van der Waals surface area (Å²) < 4.78 is 13.9. The zero-order chi connectivity index (χ0) is 16.4. The summed E-state index contributed by atoms with van der Waals surface area (Å²) in [4.78, 5) is 0. The lowest BCUT2D eigenvalue weighted by atomic mass is 9.53. The lowest BCUT2D eigenvalue weighted by molar-refractivity contribution is -0.0647. The molecule has 3 aliphatic rings. The molecule has 3 heteroatoms. The molecule has 23 heavy (non-hydrogen) atoms. The Kier molecular flexibility index (Phi) is 3.09. The molecule has 1 aromatic carbocycles. The molecule has 0 amide bonds. The van der Waals surface area contributed by atoms with Crippen molar-refractivity contribution in [3.05, 3.63) is 29.1 Å². The van der Waals surface area contributed by atoms with E-state index in [4.69, 9.17) is 6.42 Å². The normalized spacial score (nSPS) is 41.6. The van der Waals surface area contributed by atoms with Gasteiger partial charge in [-0.05, 0) is 79.5 Å². The Hall–Kier alpha value is -1.53. The minimum atomic E-state index is -0.997. The van der Waals surface area contributed by atoms with Gasteiger partial charge in [0.15, 0.2) is 11.6 Å². The van der Waals surface area contributed by atoms with Crippen LogP contribution in [0.3, 0.4) is 0 Å². The van der Waals surface area contributed by atoms with Crippen molar-refractivity contribution in [3.8, 4) is 18.1 Å². The highest BCUT2D eigenvalue weighted by Crippen LogP contribution is 2.64. The van der Waals surface area contributed by atoms with E-state index in [2.05, 4.69) is 12.8 Å². The highest BCUT2D eigenvalue weighted by Gasteiger charge is 2.61. The van der Waals surface area contributed by atoms with Crippen molar-refractivity contribution in [2.75, 3.05) is 0 Å². The topological polar surface area (TPSA) is 40.5 Å². The Morgan fingerprint density at radius 1 is 1.26 bits per heavy atom. The third-order valence-electron chi connectivity index (χ3n) is 7.18. The average Bonchev–Trinajstić information content (AvgIpc) is 2.81. The minimum Gasteiger partial charge on any atom is -0.505 e. The van der Waals surface area contributed by atoms with Crippen LogP contribution in [0.2, 0.25) is 0 Å². The first-order valence-corrected chi connectivity index (χ1v) is 8.61. The molecule has 122 valence electrons. The van der Waals surface area contributed by atoms with Crippen LogP contribution in [0.25, 0.3) is 0 Å². The van der Waals surface area contributed by atoms with E-state index in [1.165, 1.54) is 6.07 Å². The first-order valence-electron chi connectivity index (χ1n) is 8.61. The van der Waals surface area contributed by atoms with Gasteiger partial charge in [-0.1, -0.05) is 12.8 Å². The van der Waals surface area contributed by atoms with Crippen molar-refractivity contribution in [2.24, 2.45) is 17.3 Å². The molecule has 2 nitrogen and oxygen atoms in total. The second-order valence-corrected chi connectivity index (χ2v) is 7.92. The van der Waals surface area contributed by atoms with E-state index in [1.54, 1.807) is 6.07 Å². The summed E-state index contributed by atoms with van der Waals surface area (Å²) in [6, 6.07) is 3.13. The Labute approximate surface area is 136 Å². The van der Waals surface area contributed by atoms with Gasteiger partial charge >= 0.3 is 0 Å². The largest absolute Gasteiger partial charge is 0.505 e. The maximum Gasteiger partial charge on any atom is 0.165 e. The molecule has 1 unspecified atom stereocenters. The number of phenols is 1. The van der Waals surface area contributed by atoms with Crippen LogP contribution >= 0.6 is 0 Å². The van der Waals surface area contributed by atoms with Crippen molar-refractivity contribution in [1.82, 2.24) is 0 Å². The average molecular weight is 314 g/mol. The molecule has 0 heterocycles. The predicted molar refractivity (Wildman–Crippen MR) is 86.5 cm³/mol.